The van der Waals surface area contributed by atoms with Crippen LogP contribution in [-0.2, 0) is 10.0 Å². The summed E-state index contributed by atoms with van der Waals surface area (Å²) in [7, 11) is -3.95. The second kappa shape index (κ2) is 5.66. The predicted octanol–water partition coefficient (Wildman–Crippen LogP) is 1.17. The van der Waals surface area contributed by atoms with Crippen molar-refractivity contribution < 1.29 is 22.8 Å². The van der Waals surface area contributed by atoms with Gasteiger partial charge in [-0.05, 0) is 36.8 Å². The van der Waals surface area contributed by atoms with Crippen LogP contribution in [0.3, 0.4) is 0 Å². The first-order chi connectivity index (χ1) is 9.80. The van der Waals surface area contributed by atoms with Crippen molar-refractivity contribution in [3.05, 3.63) is 34.1 Å². The molecule has 1 aliphatic rings. The molecule has 0 aromatic heterocycles. The van der Waals surface area contributed by atoms with E-state index in [1.807, 2.05) is 0 Å². The van der Waals surface area contributed by atoms with Gasteiger partial charge in [0.15, 0.2) is 0 Å². The molecule has 21 heavy (non-hydrogen) atoms. The molecule has 0 atom stereocenters. The summed E-state index contributed by atoms with van der Waals surface area (Å²) in [4.78, 5) is 9.31. The van der Waals surface area contributed by atoms with Crippen molar-refractivity contribution in [2.45, 2.75) is 24.2 Å². The fourth-order valence-electron chi connectivity index (χ4n) is 2.06. The molecule has 1 aromatic carbocycles. The molecule has 0 amide bonds. The highest BCUT2D eigenvalue weighted by Gasteiger charge is 2.42. The van der Waals surface area contributed by atoms with Crippen LogP contribution in [0.2, 0.25) is 0 Å². The number of aliphatic hydroxyl groups excluding tert-OH is 1. The van der Waals surface area contributed by atoms with Gasteiger partial charge in [0, 0.05) is 19.2 Å². The van der Waals surface area contributed by atoms with Gasteiger partial charge in [0.2, 0.25) is 15.8 Å². The lowest BCUT2D eigenvalue weighted by atomic mass is 10.0. The van der Waals surface area contributed by atoms with Crippen molar-refractivity contribution in [3.8, 4) is 0 Å². The average molecular weight is 318 g/mol. The summed E-state index contributed by atoms with van der Waals surface area (Å²) in [6, 6.07) is 2.44. The van der Waals surface area contributed by atoms with Gasteiger partial charge in [-0.15, -0.1) is 0 Å². The standard InChI is InChI=1S/C12H15FN2O5S/c13-10-2-1-9(7-11(10)15(17)18)21(19,20)14-8-12(3-4-12)5-6-16/h1-2,7,14,16H,3-6,8H2. The van der Waals surface area contributed by atoms with Crippen molar-refractivity contribution in [2.24, 2.45) is 5.41 Å². The number of benzene rings is 1. The molecule has 1 fully saturated rings. The number of hydrogen-bond acceptors (Lipinski definition) is 5. The van der Waals surface area contributed by atoms with E-state index in [1.165, 1.54) is 0 Å². The topological polar surface area (TPSA) is 110 Å². The number of sulfonamides is 1. The Kier molecular flexibility index (Phi) is 4.26. The molecular formula is C12H15FN2O5S. The summed E-state index contributed by atoms with van der Waals surface area (Å²) in [5.74, 6) is -1.09. The summed E-state index contributed by atoms with van der Waals surface area (Å²) in [5.41, 5.74) is -1.11. The summed E-state index contributed by atoms with van der Waals surface area (Å²) in [6.45, 7) is 0.130. The molecule has 0 aliphatic heterocycles. The van der Waals surface area contributed by atoms with Gasteiger partial charge in [-0.3, -0.25) is 10.1 Å². The van der Waals surface area contributed by atoms with Crippen LogP contribution >= 0.6 is 0 Å². The minimum atomic E-state index is -3.95. The quantitative estimate of drug-likeness (QED) is 0.579. The van der Waals surface area contributed by atoms with Crippen molar-refractivity contribution >= 4 is 15.7 Å². The number of rotatable bonds is 7. The number of nitro groups is 1. The zero-order valence-corrected chi connectivity index (χ0v) is 11.9. The molecule has 1 saturated carbocycles. The first kappa shape index (κ1) is 15.8. The van der Waals surface area contributed by atoms with Crippen molar-refractivity contribution in [1.29, 1.82) is 0 Å². The molecule has 0 radical (unpaired) electrons. The molecule has 1 aliphatic carbocycles. The minimum Gasteiger partial charge on any atom is -0.396 e. The van der Waals surface area contributed by atoms with E-state index in [1.54, 1.807) is 0 Å². The third kappa shape index (κ3) is 3.55. The molecule has 0 saturated heterocycles. The maximum atomic E-state index is 13.2. The van der Waals surface area contributed by atoms with E-state index >= 15 is 0 Å². The molecule has 2 N–H and O–H groups in total. The largest absolute Gasteiger partial charge is 0.396 e. The molecule has 0 spiro atoms. The highest BCUT2D eigenvalue weighted by atomic mass is 32.2. The highest BCUT2D eigenvalue weighted by Crippen LogP contribution is 2.48. The zero-order chi connectivity index (χ0) is 15.7. The molecule has 2 rings (SSSR count). The van der Waals surface area contributed by atoms with Gasteiger partial charge < -0.3 is 5.11 Å². The molecular weight excluding hydrogens is 303 g/mol. The zero-order valence-electron chi connectivity index (χ0n) is 11.1. The Hall–Kier alpha value is -1.58. The lowest BCUT2D eigenvalue weighted by Gasteiger charge is -2.14. The van der Waals surface area contributed by atoms with Gasteiger partial charge in [-0.1, -0.05) is 0 Å². The van der Waals surface area contributed by atoms with Crippen LogP contribution in [0.25, 0.3) is 0 Å². The lowest BCUT2D eigenvalue weighted by molar-refractivity contribution is -0.387. The van der Waals surface area contributed by atoms with Crippen molar-refractivity contribution in [1.82, 2.24) is 4.72 Å². The van der Waals surface area contributed by atoms with Gasteiger partial charge in [-0.25, -0.2) is 13.1 Å². The predicted molar refractivity (Wildman–Crippen MR) is 71.6 cm³/mol. The third-order valence-corrected chi connectivity index (χ3v) is 5.06. The SMILES string of the molecule is O=[N+]([O-])c1cc(S(=O)(=O)NCC2(CCO)CC2)ccc1F. The Bertz CT molecular complexity index is 658. The fraction of sp³-hybridized carbons (Fsp3) is 0.500. The van der Waals surface area contributed by atoms with E-state index in [0.717, 1.165) is 25.0 Å². The fourth-order valence-corrected chi connectivity index (χ4v) is 3.24. The second-order valence-corrected chi connectivity index (χ2v) is 6.94. The summed E-state index contributed by atoms with van der Waals surface area (Å²) < 4.78 is 39.7. The molecule has 0 heterocycles. The van der Waals surface area contributed by atoms with Crippen LogP contribution in [0.5, 0.6) is 0 Å². The van der Waals surface area contributed by atoms with Crippen LogP contribution in [0.15, 0.2) is 23.1 Å². The van der Waals surface area contributed by atoms with E-state index in [4.69, 9.17) is 5.11 Å². The van der Waals surface area contributed by atoms with E-state index < -0.39 is 26.5 Å². The number of halogens is 1. The lowest BCUT2D eigenvalue weighted by Crippen LogP contribution is -2.30. The second-order valence-electron chi connectivity index (χ2n) is 5.17. The summed E-state index contributed by atoms with van der Waals surface area (Å²) in [5, 5.41) is 19.6. The summed E-state index contributed by atoms with van der Waals surface area (Å²) >= 11 is 0. The van der Waals surface area contributed by atoms with Crippen LogP contribution in [0.1, 0.15) is 19.3 Å². The Balaban J connectivity index is 2.16. The first-order valence-electron chi connectivity index (χ1n) is 6.34. The molecule has 0 unspecified atom stereocenters. The smallest absolute Gasteiger partial charge is 0.306 e. The molecule has 9 heteroatoms. The van der Waals surface area contributed by atoms with Gasteiger partial charge >= 0.3 is 5.69 Å². The van der Waals surface area contributed by atoms with Crippen LogP contribution in [-0.4, -0.2) is 31.6 Å². The Morgan fingerprint density at radius 2 is 2.10 bits per heavy atom. The molecule has 7 nitrogen and oxygen atoms in total. The molecule has 116 valence electrons. The van der Waals surface area contributed by atoms with Gasteiger partial charge in [0.25, 0.3) is 0 Å². The minimum absolute atomic E-state index is 0.0241. The third-order valence-electron chi connectivity index (χ3n) is 3.66. The number of nitrogens with one attached hydrogen (secondary N) is 1. The maximum absolute atomic E-state index is 13.2. The van der Waals surface area contributed by atoms with E-state index in [2.05, 4.69) is 4.72 Å². The Morgan fingerprint density at radius 1 is 1.43 bits per heavy atom. The van der Waals surface area contributed by atoms with Gasteiger partial charge in [0.1, 0.15) is 0 Å². The Morgan fingerprint density at radius 3 is 2.62 bits per heavy atom. The van der Waals surface area contributed by atoms with Crippen molar-refractivity contribution in [3.63, 3.8) is 0 Å². The van der Waals surface area contributed by atoms with E-state index in [0.29, 0.717) is 12.5 Å². The van der Waals surface area contributed by atoms with Crippen molar-refractivity contribution in [2.75, 3.05) is 13.2 Å². The number of nitrogens with zero attached hydrogens (tertiary/aromatic N) is 1. The highest BCUT2D eigenvalue weighted by molar-refractivity contribution is 7.89. The number of hydrogen-bond donors (Lipinski definition) is 2. The van der Waals surface area contributed by atoms with E-state index in [-0.39, 0.29) is 23.5 Å². The molecule has 1 aromatic rings. The molecule has 0 bridgehead atoms. The van der Waals surface area contributed by atoms with Crippen LogP contribution in [0.4, 0.5) is 10.1 Å². The maximum Gasteiger partial charge on any atom is 0.306 e. The normalized spacial score (nSPS) is 16.7. The van der Waals surface area contributed by atoms with Crippen LogP contribution in [0, 0.1) is 21.3 Å². The Labute approximate surface area is 121 Å². The average Bonchev–Trinajstić information content (AvgIpc) is 3.17. The number of aliphatic hydroxyl groups is 1. The van der Waals surface area contributed by atoms with Gasteiger partial charge in [0.05, 0.1) is 9.82 Å². The monoisotopic (exact) mass is 318 g/mol. The van der Waals surface area contributed by atoms with Gasteiger partial charge in [-0.2, -0.15) is 4.39 Å². The number of nitro benzene ring substituents is 1. The summed E-state index contributed by atoms with van der Waals surface area (Å²) in [6.07, 6.45) is 2.14. The first-order valence-corrected chi connectivity index (χ1v) is 7.82. The van der Waals surface area contributed by atoms with Crippen LogP contribution < -0.4 is 4.72 Å². The van der Waals surface area contributed by atoms with E-state index in [9.17, 15) is 22.9 Å².